The lowest BCUT2D eigenvalue weighted by Gasteiger charge is -2.35. The number of pyridine rings is 2. The van der Waals surface area contributed by atoms with Crippen LogP contribution in [0, 0.1) is 0 Å². The van der Waals surface area contributed by atoms with Gasteiger partial charge in [-0.3, -0.25) is 4.79 Å². The highest BCUT2D eigenvalue weighted by atomic mass is 16.5. The largest absolute Gasteiger partial charge is 0.481 e. The van der Waals surface area contributed by atoms with Crippen LogP contribution in [0.2, 0.25) is 0 Å². The zero-order valence-corrected chi connectivity index (χ0v) is 13.8. The van der Waals surface area contributed by atoms with E-state index >= 15 is 0 Å². The highest BCUT2D eigenvalue weighted by Gasteiger charge is 2.27. The van der Waals surface area contributed by atoms with Gasteiger partial charge in [0.2, 0.25) is 17.3 Å². The third kappa shape index (κ3) is 2.86. The van der Waals surface area contributed by atoms with E-state index in [2.05, 4.69) is 20.0 Å². The first-order valence-electron chi connectivity index (χ1n) is 8.01. The van der Waals surface area contributed by atoms with Gasteiger partial charge in [0.25, 0.3) is 5.91 Å². The number of methoxy groups -OCH3 is 1. The molecule has 0 atom stereocenters. The molecule has 1 aliphatic heterocycles. The Morgan fingerprint density at radius 3 is 2.72 bits per heavy atom. The molecule has 1 amide bonds. The van der Waals surface area contributed by atoms with Crippen LogP contribution < -0.4 is 9.64 Å². The molecule has 25 heavy (non-hydrogen) atoms. The molecule has 4 heterocycles. The van der Waals surface area contributed by atoms with Gasteiger partial charge in [-0.15, -0.1) is 0 Å². The number of carbonyl (C=O) groups is 1. The first-order valence-corrected chi connectivity index (χ1v) is 8.01. The third-order valence-corrected chi connectivity index (χ3v) is 4.31. The van der Waals surface area contributed by atoms with Gasteiger partial charge in [-0.1, -0.05) is 5.16 Å². The van der Waals surface area contributed by atoms with E-state index < -0.39 is 0 Å². The molecule has 1 aliphatic rings. The Hall–Kier alpha value is -3.16. The van der Waals surface area contributed by atoms with Crippen molar-refractivity contribution in [2.24, 2.45) is 0 Å². The molecular weight excluding hydrogens is 322 g/mol. The SMILES string of the molecule is COc1ccc(N2CCN(C(=O)c3onc4ncccc34)CC2)cn1. The Labute approximate surface area is 144 Å². The van der Waals surface area contributed by atoms with Gasteiger partial charge in [-0.2, -0.15) is 0 Å². The fourth-order valence-corrected chi connectivity index (χ4v) is 2.93. The second kappa shape index (κ2) is 6.39. The third-order valence-electron chi connectivity index (χ3n) is 4.31. The van der Waals surface area contributed by atoms with Gasteiger partial charge in [0, 0.05) is 38.4 Å². The normalized spacial score (nSPS) is 14.8. The van der Waals surface area contributed by atoms with Crippen molar-refractivity contribution < 1.29 is 14.1 Å². The van der Waals surface area contributed by atoms with Gasteiger partial charge >= 0.3 is 0 Å². The zero-order valence-electron chi connectivity index (χ0n) is 13.8. The number of hydrogen-bond donors (Lipinski definition) is 0. The van der Waals surface area contributed by atoms with Gasteiger partial charge in [0.05, 0.1) is 24.4 Å². The van der Waals surface area contributed by atoms with Crippen LogP contribution >= 0.6 is 0 Å². The van der Waals surface area contributed by atoms with Crippen molar-refractivity contribution >= 4 is 22.6 Å². The van der Waals surface area contributed by atoms with E-state index in [1.54, 1.807) is 36.5 Å². The number of anilines is 1. The molecule has 0 aromatic carbocycles. The summed E-state index contributed by atoms with van der Waals surface area (Å²) in [5.74, 6) is 0.689. The maximum atomic E-state index is 12.7. The van der Waals surface area contributed by atoms with Crippen molar-refractivity contribution in [2.45, 2.75) is 0 Å². The van der Waals surface area contributed by atoms with Crippen LogP contribution in [0.1, 0.15) is 10.6 Å². The Kier molecular flexibility index (Phi) is 3.93. The van der Waals surface area contributed by atoms with Gasteiger partial charge in [-0.05, 0) is 18.2 Å². The molecule has 0 spiro atoms. The number of aromatic nitrogens is 3. The molecule has 0 bridgehead atoms. The maximum Gasteiger partial charge on any atom is 0.293 e. The maximum absolute atomic E-state index is 12.7. The lowest BCUT2D eigenvalue weighted by Crippen LogP contribution is -2.48. The molecule has 3 aromatic heterocycles. The van der Waals surface area contributed by atoms with Crippen LogP contribution in [0.25, 0.3) is 11.0 Å². The molecule has 0 N–H and O–H groups in total. The molecule has 4 rings (SSSR count). The summed E-state index contributed by atoms with van der Waals surface area (Å²) in [4.78, 5) is 25.0. The second-order valence-corrected chi connectivity index (χ2v) is 5.72. The summed E-state index contributed by atoms with van der Waals surface area (Å²) in [6.45, 7) is 2.66. The van der Waals surface area contributed by atoms with Crippen LogP contribution in [0.15, 0.2) is 41.2 Å². The molecule has 0 radical (unpaired) electrons. The number of carbonyl (C=O) groups excluding carboxylic acids is 1. The average Bonchev–Trinajstić information content (AvgIpc) is 3.12. The molecule has 1 fully saturated rings. The summed E-state index contributed by atoms with van der Waals surface area (Å²) in [5.41, 5.74) is 1.47. The summed E-state index contributed by atoms with van der Waals surface area (Å²) in [7, 11) is 1.59. The predicted molar refractivity (Wildman–Crippen MR) is 90.7 cm³/mol. The quantitative estimate of drug-likeness (QED) is 0.716. The molecule has 0 unspecified atom stereocenters. The fourth-order valence-electron chi connectivity index (χ4n) is 2.93. The van der Waals surface area contributed by atoms with Crippen LogP contribution in [-0.4, -0.2) is 59.2 Å². The number of ether oxygens (including phenoxy) is 1. The van der Waals surface area contributed by atoms with Crippen LogP contribution in [0.4, 0.5) is 5.69 Å². The molecule has 3 aromatic rings. The Balaban J connectivity index is 1.45. The molecule has 128 valence electrons. The number of rotatable bonds is 3. The van der Waals surface area contributed by atoms with Crippen molar-refractivity contribution in [2.75, 3.05) is 38.2 Å². The van der Waals surface area contributed by atoms with Crippen molar-refractivity contribution in [3.05, 3.63) is 42.4 Å². The molecular formula is C17H17N5O3. The molecule has 1 saturated heterocycles. The van der Waals surface area contributed by atoms with Gasteiger partial charge in [0.15, 0.2) is 0 Å². The minimum Gasteiger partial charge on any atom is -0.481 e. The van der Waals surface area contributed by atoms with Gasteiger partial charge < -0.3 is 19.1 Å². The van der Waals surface area contributed by atoms with E-state index in [1.807, 2.05) is 12.1 Å². The van der Waals surface area contributed by atoms with E-state index in [0.29, 0.717) is 30.0 Å². The van der Waals surface area contributed by atoms with E-state index in [9.17, 15) is 4.79 Å². The minimum absolute atomic E-state index is 0.150. The van der Waals surface area contributed by atoms with E-state index in [1.165, 1.54) is 0 Å². The summed E-state index contributed by atoms with van der Waals surface area (Å²) < 4.78 is 10.3. The highest BCUT2D eigenvalue weighted by molar-refractivity contribution is 6.02. The fraction of sp³-hybridized carbons (Fsp3) is 0.294. The van der Waals surface area contributed by atoms with Gasteiger partial charge in [-0.25, -0.2) is 9.97 Å². The lowest BCUT2D eigenvalue weighted by molar-refractivity contribution is 0.0707. The number of amides is 1. The van der Waals surface area contributed by atoms with Crippen molar-refractivity contribution in [3.8, 4) is 5.88 Å². The lowest BCUT2D eigenvalue weighted by atomic mass is 10.2. The van der Waals surface area contributed by atoms with E-state index in [-0.39, 0.29) is 11.7 Å². The summed E-state index contributed by atoms with van der Waals surface area (Å²) >= 11 is 0. The number of hydrogen-bond acceptors (Lipinski definition) is 7. The van der Waals surface area contributed by atoms with Crippen molar-refractivity contribution in [1.82, 2.24) is 20.0 Å². The van der Waals surface area contributed by atoms with E-state index in [0.717, 1.165) is 18.8 Å². The minimum atomic E-state index is -0.150. The van der Waals surface area contributed by atoms with Crippen LogP contribution in [0.5, 0.6) is 5.88 Å². The molecule has 8 nitrogen and oxygen atoms in total. The Morgan fingerprint density at radius 1 is 1.16 bits per heavy atom. The number of piperazine rings is 1. The molecule has 0 saturated carbocycles. The van der Waals surface area contributed by atoms with Crippen molar-refractivity contribution in [1.29, 1.82) is 0 Å². The van der Waals surface area contributed by atoms with Crippen LogP contribution in [-0.2, 0) is 0 Å². The number of nitrogens with zero attached hydrogens (tertiary/aromatic N) is 5. The summed E-state index contributed by atoms with van der Waals surface area (Å²) in [5, 5.41) is 4.50. The van der Waals surface area contributed by atoms with E-state index in [4.69, 9.17) is 9.26 Å². The zero-order chi connectivity index (χ0) is 17.2. The predicted octanol–water partition coefficient (Wildman–Crippen LogP) is 1.59. The smallest absolute Gasteiger partial charge is 0.293 e. The first kappa shape index (κ1) is 15.4. The monoisotopic (exact) mass is 339 g/mol. The first-order chi connectivity index (χ1) is 12.3. The Bertz CT molecular complexity index is 885. The summed E-state index contributed by atoms with van der Waals surface area (Å²) in [6, 6.07) is 7.37. The Morgan fingerprint density at radius 2 is 2.00 bits per heavy atom. The standard InChI is InChI=1S/C17H17N5O3/c1-24-14-5-4-12(11-19-14)21-7-9-22(10-8-21)17(23)15-13-3-2-6-18-16(13)20-25-15/h2-6,11H,7-10H2,1H3. The average molecular weight is 339 g/mol. The van der Waals surface area contributed by atoms with Crippen LogP contribution in [0.3, 0.4) is 0 Å². The second-order valence-electron chi connectivity index (χ2n) is 5.72. The van der Waals surface area contributed by atoms with Gasteiger partial charge in [0.1, 0.15) is 0 Å². The number of fused-ring (bicyclic) bond motifs is 1. The highest BCUT2D eigenvalue weighted by Crippen LogP contribution is 2.21. The topological polar surface area (TPSA) is 84.6 Å². The van der Waals surface area contributed by atoms with Crippen molar-refractivity contribution in [3.63, 3.8) is 0 Å². The molecule has 0 aliphatic carbocycles. The molecule has 8 heteroatoms. The summed E-state index contributed by atoms with van der Waals surface area (Å²) in [6.07, 6.45) is 3.41.